The van der Waals surface area contributed by atoms with E-state index in [9.17, 15) is 13.2 Å². The lowest BCUT2D eigenvalue weighted by molar-refractivity contribution is -0.136. The molecule has 0 aliphatic rings. The minimum absolute atomic E-state index is 0.131. The zero-order chi connectivity index (χ0) is 10.5. The maximum absolute atomic E-state index is 10.7. The zero-order valence-corrected chi connectivity index (χ0v) is 9.32. The van der Waals surface area contributed by atoms with Crippen molar-refractivity contribution in [1.82, 2.24) is 0 Å². The summed E-state index contributed by atoms with van der Waals surface area (Å²) in [6.45, 7) is 1.59. The summed E-state index contributed by atoms with van der Waals surface area (Å²) in [5, 5.41) is 8.04. The molecule has 0 bridgehead atoms. The Balaban J connectivity index is 3.53. The highest BCUT2D eigenvalue weighted by Crippen LogP contribution is 2.11. The fraction of sp³-hybridized carbons (Fsp3) is 0.857. The number of thioether (sulfide) groups is 1. The van der Waals surface area contributed by atoms with Crippen LogP contribution in [-0.4, -0.2) is 42.5 Å². The molecule has 0 fully saturated rings. The van der Waals surface area contributed by atoms with Gasteiger partial charge in [-0.2, -0.15) is 0 Å². The Morgan fingerprint density at radius 1 is 1.54 bits per heavy atom. The van der Waals surface area contributed by atoms with Crippen LogP contribution in [0.1, 0.15) is 13.3 Å². The standard InChI is InChI=1S/C7H14O4S2/c1-6(7(8)9)12-4-3-5-13(2,10)11/h6H,3-5H2,1-2H3,(H,8,9). The Hall–Kier alpha value is -0.230. The maximum Gasteiger partial charge on any atom is 0.316 e. The largest absolute Gasteiger partial charge is 0.480 e. The molecule has 1 N–H and O–H groups in total. The van der Waals surface area contributed by atoms with Gasteiger partial charge in [0, 0.05) is 6.26 Å². The van der Waals surface area contributed by atoms with Crippen LogP contribution in [0.4, 0.5) is 0 Å². The normalized spacial score (nSPS) is 14.0. The second kappa shape index (κ2) is 5.49. The van der Waals surface area contributed by atoms with Crippen LogP contribution in [0, 0.1) is 0 Å². The lowest BCUT2D eigenvalue weighted by atomic mass is 10.5. The molecule has 0 radical (unpaired) electrons. The van der Waals surface area contributed by atoms with Gasteiger partial charge in [-0.05, 0) is 19.1 Å². The summed E-state index contributed by atoms with van der Waals surface area (Å²) in [5.41, 5.74) is 0. The number of carboxylic acid groups (broad SMARTS) is 1. The maximum atomic E-state index is 10.7. The minimum Gasteiger partial charge on any atom is -0.480 e. The molecule has 6 heteroatoms. The van der Waals surface area contributed by atoms with E-state index < -0.39 is 21.1 Å². The molecule has 0 amide bonds. The van der Waals surface area contributed by atoms with E-state index in [1.54, 1.807) is 6.92 Å². The molecule has 0 spiro atoms. The van der Waals surface area contributed by atoms with E-state index in [1.165, 1.54) is 18.0 Å². The van der Waals surface area contributed by atoms with Crippen molar-refractivity contribution >= 4 is 27.6 Å². The van der Waals surface area contributed by atoms with Gasteiger partial charge in [0.25, 0.3) is 0 Å². The summed E-state index contributed by atoms with van der Waals surface area (Å²) in [6, 6.07) is 0. The molecule has 1 unspecified atom stereocenters. The van der Waals surface area contributed by atoms with Crippen LogP contribution in [-0.2, 0) is 14.6 Å². The SMILES string of the molecule is CC(SCCCS(C)(=O)=O)C(=O)O. The van der Waals surface area contributed by atoms with Gasteiger partial charge in [0.2, 0.25) is 0 Å². The molecule has 0 aromatic heterocycles. The third-order valence-electron chi connectivity index (χ3n) is 1.38. The second-order valence-corrected chi connectivity index (χ2v) is 6.54. The van der Waals surface area contributed by atoms with E-state index >= 15 is 0 Å². The fourth-order valence-corrected chi connectivity index (χ4v) is 2.31. The summed E-state index contributed by atoms with van der Waals surface area (Å²) in [7, 11) is -2.90. The van der Waals surface area contributed by atoms with Crippen LogP contribution in [0.25, 0.3) is 0 Å². The summed E-state index contributed by atoms with van der Waals surface area (Å²) in [4.78, 5) is 10.4. The lowest BCUT2D eigenvalue weighted by Gasteiger charge is -2.04. The third-order valence-corrected chi connectivity index (χ3v) is 3.63. The first kappa shape index (κ1) is 12.8. The van der Waals surface area contributed by atoms with Crippen molar-refractivity contribution in [2.75, 3.05) is 17.8 Å². The first-order valence-electron chi connectivity index (χ1n) is 3.85. The van der Waals surface area contributed by atoms with Gasteiger partial charge in [0.15, 0.2) is 0 Å². The van der Waals surface area contributed by atoms with Gasteiger partial charge in [0.1, 0.15) is 9.84 Å². The van der Waals surface area contributed by atoms with E-state index in [2.05, 4.69) is 0 Å². The summed E-state index contributed by atoms with van der Waals surface area (Å²) in [5.74, 6) is -0.156. The van der Waals surface area contributed by atoms with Crippen LogP contribution in [0.3, 0.4) is 0 Å². The molecule has 0 saturated heterocycles. The zero-order valence-electron chi connectivity index (χ0n) is 7.69. The highest BCUT2D eigenvalue weighted by atomic mass is 32.2. The molecule has 13 heavy (non-hydrogen) atoms. The van der Waals surface area contributed by atoms with Crippen molar-refractivity contribution < 1.29 is 18.3 Å². The average molecular weight is 226 g/mol. The smallest absolute Gasteiger partial charge is 0.316 e. The van der Waals surface area contributed by atoms with Gasteiger partial charge in [0.05, 0.1) is 11.0 Å². The van der Waals surface area contributed by atoms with Gasteiger partial charge in [-0.15, -0.1) is 11.8 Å². The Labute approximate surface area is 82.6 Å². The van der Waals surface area contributed by atoms with Crippen molar-refractivity contribution in [3.63, 3.8) is 0 Å². The predicted molar refractivity (Wildman–Crippen MR) is 53.9 cm³/mol. The number of aliphatic carboxylic acids is 1. The Bertz CT molecular complexity index is 258. The Kier molecular flexibility index (Phi) is 5.39. The molecule has 0 heterocycles. The Morgan fingerprint density at radius 3 is 2.46 bits per heavy atom. The van der Waals surface area contributed by atoms with Crippen molar-refractivity contribution in [1.29, 1.82) is 0 Å². The van der Waals surface area contributed by atoms with E-state index in [0.717, 1.165) is 0 Å². The van der Waals surface area contributed by atoms with Crippen LogP contribution in [0.5, 0.6) is 0 Å². The quantitative estimate of drug-likeness (QED) is 0.672. The number of rotatable bonds is 6. The minimum atomic E-state index is -2.90. The molecular formula is C7H14O4S2. The van der Waals surface area contributed by atoms with Gasteiger partial charge >= 0.3 is 5.97 Å². The molecule has 0 rings (SSSR count). The molecule has 0 aliphatic carbocycles. The van der Waals surface area contributed by atoms with Crippen molar-refractivity contribution in [3.05, 3.63) is 0 Å². The summed E-state index contributed by atoms with van der Waals surface area (Å²) < 4.78 is 21.4. The molecular weight excluding hydrogens is 212 g/mol. The molecule has 4 nitrogen and oxygen atoms in total. The summed E-state index contributed by atoms with van der Waals surface area (Å²) >= 11 is 1.26. The first-order chi connectivity index (χ1) is 5.83. The number of hydrogen-bond acceptors (Lipinski definition) is 4. The van der Waals surface area contributed by atoms with E-state index in [-0.39, 0.29) is 5.75 Å². The van der Waals surface area contributed by atoms with Crippen molar-refractivity contribution in [2.24, 2.45) is 0 Å². The number of hydrogen-bond donors (Lipinski definition) is 1. The van der Waals surface area contributed by atoms with E-state index in [4.69, 9.17) is 5.11 Å². The van der Waals surface area contributed by atoms with Gasteiger partial charge in [-0.1, -0.05) is 0 Å². The molecule has 0 aromatic carbocycles. The van der Waals surface area contributed by atoms with Gasteiger partial charge in [-0.3, -0.25) is 4.79 Å². The van der Waals surface area contributed by atoms with E-state index in [0.29, 0.717) is 12.2 Å². The van der Waals surface area contributed by atoms with Crippen LogP contribution >= 0.6 is 11.8 Å². The average Bonchev–Trinajstić information content (AvgIpc) is 1.95. The molecule has 0 aromatic rings. The highest BCUT2D eigenvalue weighted by molar-refractivity contribution is 8.00. The van der Waals surface area contributed by atoms with Gasteiger partial charge < -0.3 is 5.11 Å². The van der Waals surface area contributed by atoms with Crippen molar-refractivity contribution in [3.8, 4) is 0 Å². The van der Waals surface area contributed by atoms with Crippen molar-refractivity contribution in [2.45, 2.75) is 18.6 Å². The molecule has 1 atom stereocenters. The monoisotopic (exact) mass is 226 g/mol. The number of carbonyl (C=O) groups is 1. The lowest BCUT2D eigenvalue weighted by Crippen LogP contribution is -2.13. The van der Waals surface area contributed by atoms with Crippen LogP contribution in [0.15, 0.2) is 0 Å². The molecule has 0 aliphatic heterocycles. The summed E-state index contributed by atoms with van der Waals surface area (Å²) in [6.07, 6.45) is 1.69. The van der Waals surface area contributed by atoms with Crippen LogP contribution in [0.2, 0.25) is 0 Å². The number of carboxylic acids is 1. The van der Waals surface area contributed by atoms with Gasteiger partial charge in [-0.25, -0.2) is 8.42 Å². The number of sulfone groups is 1. The highest BCUT2D eigenvalue weighted by Gasteiger charge is 2.10. The van der Waals surface area contributed by atoms with Crippen LogP contribution < -0.4 is 0 Å². The fourth-order valence-electron chi connectivity index (χ4n) is 0.653. The predicted octanol–water partition coefficient (Wildman–Crippen LogP) is 0.627. The second-order valence-electron chi connectivity index (χ2n) is 2.83. The Morgan fingerprint density at radius 2 is 2.08 bits per heavy atom. The molecule has 78 valence electrons. The van der Waals surface area contributed by atoms with E-state index in [1.807, 2.05) is 0 Å². The third kappa shape index (κ3) is 8.11. The topological polar surface area (TPSA) is 71.4 Å². The first-order valence-corrected chi connectivity index (χ1v) is 6.96. The molecule has 0 saturated carbocycles.